The minimum Gasteiger partial charge on any atom is -0.451 e. The van der Waals surface area contributed by atoms with Crippen molar-refractivity contribution in [3.05, 3.63) is 64.6 Å². The average molecular weight is 304 g/mol. The van der Waals surface area contributed by atoms with Gasteiger partial charge in [0.1, 0.15) is 11.4 Å². The van der Waals surface area contributed by atoms with Crippen LogP contribution in [0.2, 0.25) is 5.02 Å². The standard InChI is InChI=1S/C16H11ClFNO2/c1-9-13-7-10(17)5-6-14(13)21-15(9)16(20)19-12-4-2-3-11(18)8-12/h2-8H,1H3,(H,19,20). The first-order chi connectivity index (χ1) is 10.0. The van der Waals surface area contributed by atoms with Crippen LogP contribution in [0.4, 0.5) is 10.1 Å². The van der Waals surface area contributed by atoms with Gasteiger partial charge in [-0.3, -0.25) is 4.79 Å². The molecular weight excluding hydrogens is 293 g/mol. The molecule has 106 valence electrons. The van der Waals surface area contributed by atoms with Crippen LogP contribution in [0.3, 0.4) is 0 Å². The first-order valence-corrected chi connectivity index (χ1v) is 6.68. The topological polar surface area (TPSA) is 42.2 Å². The van der Waals surface area contributed by atoms with Gasteiger partial charge in [0, 0.05) is 21.7 Å². The number of amides is 1. The molecule has 1 aromatic heterocycles. The number of nitrogens with one attached hydrogen (secondary N) is 1. The van der Waals surface area contributed by atoms with Gasteiger partial charge in [-0.15, -0.1) is 0 Å². The monoisotopic (exact) mass is 303 g/mol. The third-order valence-electron chi connectivity index (χ3n) is 3.19. The van der Waals surface area contributed by atoms with E-state index in [1.165, 1.54) is 18.2 Å². The fourth-order valence-electron chi connectivity index (χ4n) is 2.16. The van der Waals surface area contributed by atoms with Crippen molar-refractivity contribution in [3.63, 3.8) is 0 Å². The van der Waals surface area contributed by atoms with E-state index in [9.17, 15) is 9.18 Å². The normalized spacial score (nSPS) is 10.8. The molecule has 3 aromatic rings. The van der Waals surface area contributed by atoms with Gasteiger partial charge in [-0.05, 0) is 43.3 Å². The summed E-state index contributed by atoms with van der Waals surface area (Å²) < 4.78 is 18.7. The number of aryl methyl sites for hydroxylation is 1. The Morgan fingerprint density at radius 3 is 2.81 bits per heavy atom. The van der Waals surface area contributed by atoms with Crippen molar-refractivity contribution in [1.82, 2.24) is 0 Å². The summed E-state index contributed by atoms with van der Waals surface area (Å²) in [5.74, 6) is -0.650. The highest BCUT2D eigenvalue weighted by Crippen LogP contribution is 2.28. The summed E-state index contributed by atoms with van der Waals surface area (Å²) in [7, 11) is 0. The smallest absolute Gasteiger partial charge is 0.291 e. The molecule has 21 heavy (non-hydrogen) atoms. The SMILES string of the molecule is Cc1c(C(=O)Nc2cccc(F)c2)oc2ccc(Cl)cc12. The van der Waals surface area contributed by atoms with Gasteiger partial charge < -0.3 is 9.73 Å². The number of carbonyl (C=O) groups excluding carboxylic acids is 1. The lowest BCUT2D eigenvalue weighted by atomic mass is 10.1. The van der Waals surface area contributed by atoms with Gasteiger partial charge in [-0.1, -0.05) is 17.7 Å². The van der Waals surface area contributed by atoms with Crippen LogP contribution >= 0.6 is 11.6 Å². The number of anilines is 1. The van der Waals surface area contributed by atoms with Gasteiger partial charge in [0.2, 0.25) is 0 Å². The molecule has 1 heterocycles. The van der Waals surface area contributed by atoms with Gasteiger partial charge in [-0.2, -0.15) is 0 Å². The van der Waals surface area contributed by atoms with Crippen LogP contribution in [0.25, 0.3) is 11.0 Å². The van der Waals surface area contributed by atoms with E-state index in [-0.39, 0.29) is 5.76 Å². The molecule has 3 nitrogen and oxygen atoms in total. The lowest BCUT2D eigenvalue weighted by Crippen LogP contribution is -2.12. The predicted molar refractivity (Wildman–Crippen MR) is 80.3 cm³/mol. The average Bonchev–Trinajstić information content (AvgIpc) is 2.76. The maximum atomic E-state index is 13.1. The van der Waals surface area contributed by atoms with E-state index in [0.717, 1.165) is 5.39 Å². The molecular formula is C16H11ClFNO2. The van der Waals surface area contributed by atoms with Crippen LogP contribution in [-0.2, 0) is 0 Å². The summed E-state index contributed by atoms with van der Waals surface area (Å²) in [6.45, 7) is 1.78. The van der Waals surface area contributed by atoms with E-state index in [0.29, 0.717) is 21.9 Å². The van der Waals surface area contributed by atoms with Crippen molar-refractivity contribution < 1.29 is 13.6 Å². The van der Waals surface area contributed by atoms with Gasteiger partial charge in [0.15, 0.2) is 5.76 Å². The van der Waals surface area contributed by atoms with Crippen molar-refractivity contribution in [2.24, 2.45) is 0 Å². The Hall–Kier alpha value is -2.33. The zero-order valence-electron chi connectivity index (χ0n) is 11.1. The minimum absolute atomic E-state index is 0.191. The summed E-state index contributed by atoms with van der Waals surface area (Å²) in [5, 5.41) is 3.97. The summed E-state index contributed by atoms with van der Waals surface area (Å²) in [4.78, 5) is 12.2. The fourth-order valence-corrected chi connectivity index (χ4v) is 2.34. The summed E-state index contributed by atoms with van der Waals surface area (Å²) >= 11 is 5.94. The minimum atomic E-state index is -0.426. The molecule has 0 aliphatic carbocycles. The number of benzene rings is 2. The van der Waals surface area contributed by atoms with Gasteiger partial charge in [0.05, 0.1) is 0 Å². The molecule has 0 aliphatic heterocycles. The van der Waals surface area contributed by atoms with Crippen LogP contribution in [0.5, 0.6) is 0 Å². The van der Waals surface area contributed by atoms with Gasteiger partial charge >= 0.3 is 0 Å². The quantitative estimate of drug-likeness (QED) is 0.740. The first kappa shape index (κ1) is 13.6. The lowest BCUT2D eigenvalue weighted by Gasteiger charge is -2.03. The number of halogens is 2. The van der Waals surface area contributed by atoms with Crippen molar-refractivity contribution in [2.75, 3.05) is 5.32 Å². The molecule has 0 saturated heterocycles. The van der Waals surface area contributed by atoms with E-state index in [1.807, 2.05) is 0 Å². The second kappa shape index (κ2) is 5.22. The lowest BCUT2D eigenvalue weighted by molar-refractivity contribution is 0.0998. The third kappa shape index (κ3) is 2.62. The Labute approximate surface area is 125 Å². The predicted octanol–water partition coefficient (Wildman–Crippen LogP) is 4.79. The van der Waals surface area contributed by atoms with Crippen LogP contribution in [0.1, 0.15) is 16.1 Å². The molecule has 0 unspecified atom stereocenters. The molecule has 3 rings (SSSR count). The Kier molecular flexibility index (Phi) is 3.39. The summed E-state index contributed by atoms with van der Waals surface area (Å²) in [6, 6.07) is 10.8. The second-order valence-electron chi connectivity index (χ2n) is 4.66. The van der Waals surface area contributed by atoms with E-state index >= 15 is 0 Å². The van der Waals surface area contributed by atoms with Crippen LogP contribution in [0, 0.1) is 12.7 Å². The number of furan rings is 1. The zero-order chi connectivity index (χ0) is 15.0. The van der Waals surface area contributed by atoms with E-state index in [2.05, 4.69) is 5.32 Å². The highest BCUT2D eigenvalue weighted by atomic mass is 35.5. The van der Waals surface area contributed by atoms with Crippen LogP contribution < -0.4 is 5.32 Å². The van der Waals surface area contributed by atoms with Crippen molar-refractivity contribution >= 4 is 34.2 Å². The molecule has 0 fully saturated rings. The molecule has 0 bridgehead atoms. The number of hydrogen-bond acceptors (Lipinski definition) is 2. The van der Waals surface area contributed by atoms with Crippen molar-refractivity contribution in [2.45, 2.75) is 6.92 Å². The molecule has 0 saturated carbocycles. The Morgan fingerprint density at radius 1 is 1.24 bits per heavy atom. The molecule has 1 amide bonds. The maximum absolute atomic E-state index is 13.1. The Morgan fingerprint density at radius 2 is 2.05 bits per heavy atom. The number of hydrogen-bond donors (Lipinski definition) is 1. The number of fused-ring (bicyclic) bond motifs is 1. The van der Waals surface area contributed by atoms with Crippen LogP contribution in [0.15, 0.2) is 46.9 Å². The summed E-state index contributed by atoms with van der Waals surface area (Å²) in [6.07, 6.45) is 0. The van der Waals surface area contributed by atoms with E-state index in [1.54, 1.807) is 31.2 Å². The molecule has 0 radical (unpaired) electrons. The highest BCUT2D eigenvalue weighted by molar-refractivity contribution is 6.31. The first-order valence-electron chi connectivity index (χ1n) is 6.30. The van der Waals surface area contributed by atoms with Gasteiger partial charge in [-0.25, -0.2) is 4.39 Å². The maximum Gasteiger partial charge on any atom is 0.291 e. The molecule has 5 heteroatoms. The zero-order valence-corrected chi connectivity index (χ0v) is 11.9. The van der Waals surface area contributed by atoms with Crippen molar-refractivity contribution in [3.8, 4) is 0 Å². The molecule has 0 atom stereocenters. The molecule has 2 aromatic carbocycles. The van der Waals surface area contributed by atoms with Gasteiger partial charge in [0.25, 0.3) is 5.91 Å². The molecule has 0 aliphatic rings. The summed E-state index contributed by atoms with van der Waals surface area (Å²) in [5.41, 5.74) is 1.65. The third-order valence-corrected chi connectivity index (χ3v) is 3.42. The fraction of sp³-hybridized carbons (Fsp3) is 0.0625. The Balaban J connectivity index is 1.96. The number of carbonyl (C=O) groups is 1. The highest BCUT2D eigenvalue weighted by Gasteiger charge is 2.18. The van der Waals surface area contributed by atoms with Crippen molar-refractivity contribution in [1.29, 1.82) is 0 Å². The Bertz CT molecular complexity index is 841. The molecule has 1 N–H and O–H groups in total. The second-order valence-corrected chi connectivity index (χ2v) is 5.10. The van der Waals surface area contributed by atoms with E-state index in [4.69, 9.17) is 16.0 Å². The van der Waals surface area contributed by atoms with E-state index < -0.39 is 11.7 Å². The van der Waals surface area contributed by atoms with Crippen LogP contribution in [-0.4, -0.2) is 5.91 Å². The largest absolute Gasteiger partial charge is 0.451 e. The number of rotatable bonds is 2. The molecule has 0 spiro atoms.